The highest BCUT2D eigenvalue weighted by Crippen LogP contribution is 2.24. The van der Waals surface area contributed by atoms with Crippen LogP contribution in [0.3, 0.4) is 0 Å². The molecule has 2 atom stereocenters. The number of methoxy groups -OCH3 is 1. The SMILES string of the molecule is COCc1ccc(NC(=O)[C@H](CCCNC(N)=O)NC(=O)C(NC(C)=O)C(C)C)cc1OCC(=O)NCCCN. The van der Waals surface area contributed by atoms with E-state index in [-0.39, 0.29) is 43.9 Å². The van der Waals surface area contributed by atoms with Crippen LogP contribution in [0.4, 0.5) is 10.5 Å². The maximum absolute atomic E-state index is 13.3. The van der Waals surface area contributed by atoms with Gasteiger partial charge < -0.3 is 47.5 Å². The number of carbonyl (C=O) groups excluding carboxylic acids is 5. The fourth-order valence-corrected chi connectivity index (χ4v) is 3.60. The van der Waals surface area contributed by atoms with Crippen molar-refractivity contribution in [3.8, 4) is 5.75 Å². The maximum atomic E-state index is 13.3. The van der Waals surface area contributed by atoms with Crippen molar-refractivity contribution in [1.82, 2.24) is 21.3 Å². The van der Waals surface area contributed by atoms with E-state index in [0.29, 0.717) is 42.9 Å². The van der Waals surface area contributed by atoms with Crippen molar-refractivity contribution in [1.29, 1.82) is 0 Å². The number of anilines is 1. The Hall–Kier alpha value is -3.91. The van der Waals surface area contributed by atoms with Crippen LogP contribution in [0.1, 0.15) is 45.6 Å². The van der Waals surface area contributed by atoms with E-state index in [1.54, 1.807) is 32.0 Å². The molecule has 0 aliphatic rings. The first-order chi connectivity index (χ1) is 19.0. The standard InChI is InChI=1S/C26H43N7O7/c1-16(2)23(31-17(3)34)25(37)33-20(7-5-11-30-26(28)38)24(36)32-19-9-8-18(14-39-4)21(13-19)40-15-22(35)29-12-6-10-27/h8-9,13,16,20,23H,5-7,10-12,14-15,27H2,1-4H3,(H,29,35)(H,31,34)(H,32,36)(H,33,37)(H3,28,30,38)/t20-,23?/m0/s1. The van der Waals surface area contributed by atoms with Gasteiger partial charge in [-0.2, -0.15) is 0 Å². The van der Waals surface area contributed by atoms with Crippen LogP contribution in [0.25, 0.3) is 0 Å². The summed E-state index contributed by atoms with van der Waals surface area (Å²) < 4.78 is 10.9. The fraction of sp³-hybridized carbons (Fsp3) is 0.577. The molecule has 0 spiro atoms. The number of primary amides is 1. The van der Waals surface area contributed by atoms with E-state index in [2.05, 4.69) is 26.6 Å². The highest BCUT2D eigenvalue weighted by atomic mass is 16.5. The van der Waals surface area contributed by atoms with Crippen molar-refractivity contribution in [3.05, 3.63) is 23.8 Å². The van der Waals surface area contributed by atoms with Gasteiger partial charge in [0.2, 0.25) is 17.7 Å². The zero-order chi connectivity index (χ0) is 30.1. The van der Waals surface area contributed by atoms with E-state index in [1.165, 1.54) is 14.0 Å². The van der Waals surface area contributed by atoms with Crippen LogP contribution < -0.4 is 42.8 Å². The van der Waals surface area contributed by atoms with Gasteiger partial charge >= 0.3 is 6.03 Å². The predicted molar refractivity (Wildman–Crippen MR) is 149 cm³/mol. The molecule has 14 heteroatoms. The molecular formula is C26H43N7O7. The summed E-state index contributed by atoms with van der Waals surface area (Å²) in [5, 5.41) is 13.2. The zero-order valence-corrected chi connectivity index (χ0v) is 23.6. The largest absolute Gasteiger partial charge is 0.483 e. The molecule has 6 amide bonds. The highest BCUT2D eigenvalue weighted by Gasteiger charge is 2.28. The number of nitrogens with one attached hydrogen (secondary N) is 5. The number of carbonyl (C=O) groups is 5. The van der Waals surface area contributed by atoms with E-state index in [9.17, 15) is 24.0 Å². The normalized spacial score (nSPS) is 12.2. The number of ether oxygens (including phenoxy) is 2. The summed E-state index contributed by atoms with van der Waals surface area (Å²) in [6.07, 6.45) is 1.16. The number of benzene rings is 1. The summed E-state index contributed by atoms with van der Waals surface area (Å²) in [5.74, 6) is -1.64. The number of amides is 6. The van der Waals surface area contributed by atoms with Crippen LogP contribution in [0, 0.1) is 5.92 Å². The molecule has 0 aliphatic carbocycles. The lowest BCUT2D eigenvalue weighted by Gasteiger charge is -2.25. The lowest BCUT2D eigenvalue weighted by molar-refractivity contribution is -0.131. The first-order valence-corrected chi connectivity index (χ1v) is 13.1. The van der Waals surface area contributed by atoms with Gasteiger partial charge in [-0.25, -0.2) is 4.79 Å². The number of hydrogen-bond donors (Lipinski definition) is 7. The van der Waals surface area contributed by atoms with E-state index in [4.69, 9.17) is 20.9 Å². The van der Waals surface area contributed by atoms with Gasteiger partial charge in [-0.15, -0.1) is 0 Å². The van der Waals surface area contributed by atoms with Crippen molar-refractivity contribution >= 4 is 35.3 Å². The molecule has 40 heavy (non-hydrogen) atoms. The molecule has 1 rings (SSSR count). The number of hydrogen-bond acceptors (Lipinski definition) is 8. The zero-order valence-electron chi connectivity index (χ0n) is 23.6. The molecule has 0 radical (unpaired) electrons. The molecule has 0 saturated carbocycles. The second kappa shape index (κ2) is 18.4. The van der Waals surface area contributed by atoms with Crippen molar-refractivity contribution < 1.29 is 33.4 Å². The molecular weight excluding hydrogens is 522 g/mol. The van der Waals surface area contributed by atoms with Crippen molar-refractivity contribution in [2.24, 2.45) is 17.4 Å². The van der Waals surface area contributed by atoms with Gasteiger partial charge in [0.25, 0.3) is 5.91 Å². The Bertz CT molecular complexity index is 1000. The third-order valence-corrected chi connectivity index (χ3v) is 5.61. The van der Waals surface area contributed by atoms with Gasteiger partial charge in [0.15, 0.2) is 6.61 Å². The van der Waals surface area contributed by atoms with E-state index < -0.39 is 29.9 Å². The molecule has 1 aromatic rings. The molecule has 224 valence electrons. The van der Waals surface area contributed by atoms with Crippen LogP contribution in [0.2, 0.25) is 0 Å². The minimum Gasteiger partial charge on any atom is -0.483 e. The summed E-state index contributed by atoms with van der Waals surface area (Å²) >= 11 is 0. The molecule has 0 aromatic heterocycles. The quantitative estimate of drug-likeness (QED) is 0.117. The second-order valence-electron chi connectivity index (χ2n) is 9.44. The van der Waals surface area contributed by atoms with E-state index in [0.717, 1.165) is 0 Å². The molecule has 1 aromatic carbocycles. The third-order valence-electron chi connectivity index (χ3n) is 5.61. The summed E-state index contributed by atoms with van der Waals surface area (Å²) in [4.78, 5) is 60.9. The van der Waals surface area contributed by atoms with Crippen molar-refractivity contribution in [3.63, 3.8) is 0 Å². The lowest BCUT2D eigenvalue weighted by Crippen LogP contribution is -2.54. The highest BCUT2D eigenvalue weighted by molar-refractivity contribution is 5.98. The number of rotatable bonds is 18. The molecule has 9 N–H and O–H groups in total. The van der Waals surface area contributed by atoms with Crippen LogP contribution >= 0.6 is 0 Å². The van der Waals surface area contributed by atoms with Gasteiger partial charge in [-0.1, -0.05) is 19.9 Å². The van der Waals surface area contributed by atoms with Crippen LogP contribution in [0.15, 0.2) is 18.2 Å². The van der Waals surface area contributed by atoms with Gasteiger partial charge in [0.05, 0.1) is 6.61 Å². The Labute approximate surface area is 234 Å². The summed E-state index contributed by atoms with van der Waals surface area (Å²) in [6.45, 7) is 5.90. The average molecular weight is 566 g/mol. The Morgan fingerprint density at radius 2 is 1.68 bits per heavy atom. The first kappa shape index (κ1) is 34.1. The molecule has 0 aliphatic heterocycles. The van der Waals surface area contributed by atoms with E-state index >= 15 is 0 Å². The van der Waals surface area contributed by atoms with Crippen molar-refractivity contribution in [2.75, 3.05) is 38.7 Å². The first-order valence-electron chi connectivity index (χ1n) is 13.1. The van der Waals surface area contributed by atoms with Gasteiger partial charge in [-0.05, 0) is 37.8 Å². The number of urea groups is 1. The predicted octanol–water partition coefficient (Wildman–Crippen LogP) is -0.291. The second-order valence-corrected chi connectivity index (χ2v) is 9.44. The Morgan fingerprint density at radius 1 is 0.975 bits per heavy atom. The molecule has 14 nitrogen and oxygen atoms in total. The van der Waals surface area contributed by atoms with Crippen LogP contribution in [-0.4, -0.2) is 75.1 Å². The fourth-order valence-electron chi connectivity index (χ4n) is 3.60. The molecule has 0 saturated heterocycles. The minimum absolute atomic E-state index is 0.177. The Balaban J connectivity index is 3.05. The molecule has 0 heterocycles. The molecule has 1 unspecified atom stereocenters. The van der Waals surface area contributed by atoms with Gasteiger partial charge in [0, 0.05) is 44.4 Å². The van der Waals surface area contributed by atoms with Gasteiger partial charge in [-0.3, -0.25) is 19.2 Å². The monoisotopic (exact) mass is 565 g/mol. The smallest absolute Gasteiger partial charge is 0.312 e. The molecule has 0 bridgehead atoms. The number of nitrogens with two attached hydrogens (primary N) is 2. The van der Waals surface area contributed by atoms with Gasteiger partial charge in [0.1, 0.15) is 17.8 Å². The lowest BCUT2D eigenvalue weighted by atomic mass is 10.0. The summed E-state index contributed by atoms with van der Waals surface area (Å²) in [7, 11) is 1.52. The molecule has 0 fully saturated rings. The maximum Gasteiger partial charge on any atom is 0.312 e. The average Bonchev–Trinajstić information content (AvgIpc) is 2.88. The minimum atomic E-state index is -0.992. The summed E-state index contributed by atoms with van der Waals surface area (Å²) in [6, 6.07) is 2.35. The Morgan fingerprint density at radius 3 is 2.27 bits per heavy atom. The van der Waals surface area contributed by atoms with Crippen molar-refractivity contribution in [2.45, 2.75) is 58.7 Å². The third kappa shape index (κ3) is 13.2. The van der Waals surface area contributed by atoms with E-state index in [1.807, 2.05) is 0 Å². The van der Waals surface area contributed by atoms with Crippen LogP contribution in [0.5, 0.6) is 5.75 Å². The van der Waals surface area contributed by atoms with Crippen LogP contribution in [-0.2, 0) is 30.5 Å². The summed E-state index contributed by atoms with van der Waals surface area (Å²) in [5.41, 5.74) is 11.6. The topological polar surface area (TPSA) is 216 Å². The Kier molecular flexibility index (Phi) is 15.7.